The van der Waals surface area contributed by atoms with Crippen molar-refractivity contribution in [3.05, 3.63) is 0 Å². The third-order valence-corrected chi connectivity index (χ3v) is 6.45. The zero-order valence-corrected chi connectivity index (χ0v) is 11.9. The summed E-state index contributed by atoms with van der Waals surface area (Å²) in [5.41, 5.74) is 0.933. The molecular formula is C14H22Cl2. The molecule has 92 valence electrons. The van der Waals surface area contributed by atoms with Crippen LogP contribution in [0.4, 0.5) is 0 Å². The van der Waals surface area contributed by atoms with E-state index in [1.807, 2.05) is 0 Å². The average molecular weight is 261 g/mol. The van der Waals surface area contributed by atoms with Crippen molar-refractivity contribution in [1.29, 1.82) is 0 Å². The van der Waals surface area contributed by atoms with Crippen LogP contribution in [0.2, 0.25) is 0 Å². The lowest BCUT2D eigenvalue weighted by molar-refractivity contribution is -0.0909. The topological polar surface area (TPSA) is 0 Å². The SMILES string of the molecule is CCC12CC3(Cl)CC(Cl)(C1)CC(CC)(C3)C2. The molecule has 2 heteroatoms. The van der Waals surface area contributed by atoms with Gasteiger partial charge in [-0.3, -0.25) is 0 Å². The van der Waals surface area contributed by atoms with Gasteiger partial charge in [-0.2, -0.15) is 0 Å². The summed E-state index contributed by atoms with van der Waals surface area (Å²) in [4.78, 5) is 0.0606. The molecule has 0 N–H and O–H groups in total. The molecule has 4 fully saturated rings. The van der Waals surface area contributed by atoms with Crippen molar-refractivity contribution in [2.24, 2.45) is 10.8 Å². The molecule has 4 aliphatic carbocycles. The Kier molecular flexibility index (Phi) is 2.27. The fraction of sp³-hybridized carbons (Fsp3) is 1.00. The van der Waals surface area contributed by atoms with Crippen LogP contribution in [-0.4, -0.2) is 9.75 Å². The van der Waals surface area contributed by atoms with E-state index in [2.05, 4.69) is 13.8 Å². The maximum absolute atomic E-state index is 6.87. The molecule has 0 saturated heterocycles. The Bertz CT molecular complexity index is 279. The molecule has 0 nitrogen and oxygen atoms in total. The summed E-state index contributed by atoms with van der Waals surface area (Å²) in [5, 5.41) is 0. The highest BCUT2D eigenvalue weighted by atomic mass is 35.5. The van der Waals surface area contributed by atoms with Gasteiger partial charge in [0.15, 0.2) is 0 Å². The zero-order valence-electron chi connectivity index (χ0n) is 10.4. The molecule has 0 aromatic heterocycles. The quantitative estimate of drug-likeness (QED) is 0.605. The van der Waals surface area contributed by atoms with Crippen molar-refractivity contribution in [1.82, 2.24) is 0 Å². The minimum atomic E-state index is 0.0303. The maximum Gasteiger partial charge on any atom is 0.0474 e. The van der Waals surface area contributed by atoms with E-state index in [0.29, 0.717) is 10.8 Å². The summed E-state index contributed by atoms with van der Waals surface area (Å²) in [6.45, 7) is 4.66. The summed E-state index contributed by atoms with van der Waals surface area (Å²) >= 11 is 13.7. The van der Waals surface area contributed by atoms with Gasteiger partial charge in [-0.05, 0) is 49.4 Å². The molecule has 0 radical (unpaired) electrons. The third-order valence-electron chi connectivity index (χ3n) is 5.65. The van der Waals surface area contributed by atoms with Crippen molar-refractivity contribution < 1.29 is 0 Å². The Labute approximate surface area is 109 Å². The molecule has 16 heavy (non-hydrogen) atoms. The zero-order chi connectivity index (χ0) is 11.7. The van der Waals surface area contributed by atoms with Crippen LogP contribution in [0.3, 0.4) is 0 Å². The van der Waals surface area contributed by atoms with E-state index >= 15 is 0 Å². The Hall–Kier alpha value is 0.580. The molecule has 0 aliphatic heterocycles. The normalized spacial score (nSPS) is 59.2. The lowest BCUT2D eigenvalue weighted by Crippen LogP contribution is -2.63. The molecule has 4 rings (SSSR count). The van der Waals surface area contributed by atoms with Gasteiger partial charge >= 0.3 is 0 Å². The monoisotopic (exact) mass is 260 g/mol. The highest BCUT2D eigenvalue weighted by Gasteiger charge is 2.66. The number of alkyl halides is 2. The first kappa shape index (κ1) is 11.7. The minimum absolute atomic E-state index is 0.0303. The summed E-state index contributed by atoms with van der Waals surface area (Å²) < 4.78 is 0. The summed E-state index contributed by atoms with van der Waals surface area (Å²) in [6, 6.07) is 0. The first-order chi connectivity index (χ1) is 7.36. The smallest absolute Gasteiger partial charge is 0.0474 e. The van der Waals surface area contributed by atoms with E-state index in [1.165, 1.54) is 44.9 Å². The summed E-state index contributed by atoms with van der Waals surface area (Å²) in [5.74, 6) is 0. The molecule has 0 heterocycles. The van der Waals surface area contributed by atoms with Gasteiger partial charge in [0.05, 0.1) is 0 Å². The number of hydrogen-bond acceptors (Lipinski definition) is 0. The van der Waals surface area contributed by atoms with Crippen LogP contribution >= 0.6 is 23.2 Å². The standard InChI is InChI=1S/C14H22Cl2/c1-3-11-5-12(4-2)8-13(15,6-11)10-14(16,7-11)9-12/h3-10H2,1-2H3. The van der Waals surface area contributed by atoms with Crippen LogP contribution in [0.1, 0.15) is 65.2 Å². The van der Waals surface area contributed by atoms with E-state index in [0.717, 1.165) is 6.42 Å². The van der Waals surface area contributed by atoms with Gasteiger partial charge < -0.3 is 0 Å². The first-order valence-electron chi connectivity index (χ1n) is 6.74. The molecule has 4 saturated carbocycles. The van der Waals surface area contributed by atoms with Crippen molar-refractivity contribution in [3.8, 4) is 0 Å². The molecule has 0 aromatic carbocycles. The molecule has 4 aliphatic rings. The van der Waals surface area contributed by atoms with Crippen molar-refractivity contribution in [2.75, 3.05) is 0 Å². The lowest BCUT2D eigenvalue weighted by atomic mass is 9.42. The second kappa shape index (κ2) is 3.12. The van der Waals surface area contributed by atoms with Crippen LogP contribution < -0.4 is 0 Å². The average Bonchev–Trinajstić information content (AvgIpc) is 2.12. The minimum Gasteiger partial charge on any atom is -0.119 e. The first-order valence-corrected chi connectivity index (χ1v) is 7.50. The van der Waals surface area contributed by atoms with Gasteiger partial charge in [-0.15, -0.1) is 23.2 Å². The molecular weight excluding hydrogens is 239 g/mol. The number of rotatable bonds is 2. The molecule has 0 aromatic rings. The van der Waals surface area contributed by atoms with E-state index in [9.17, 15) is 0 Å². The molecule has 0 amide bonds. The fourth-order valence-electron chi connectivity index (χ4n) is 5.55. The lowest BCUT2D eigenvalue weighted by Gasteiger charge is -2.67. The van der Waals surface area contributed by atoms with Crippen molar-refractivity contribution in [3.63, 3.8) is 0 Å². The van der Waals surface area contributed by atoms with E-state index in [-0.39, 0.29) is 9.75 Å². The second-order valence-electron chi connectivity index (χ2n) is 7.07. The number of halogens is 2. The highest BCUT2D eigenvalue weighted by molar-refractivity contribution is 6.28. The van der Waals surface area contributed by atoms with Crippen molar-refractivity contribution >= 4 is 23.2 Å². The van der Waals surface area contributed by atoms with E-state index in [1.54, 1.807) is 0 Å². The largest absolute Gasteiger partial charge is 0.119 e. The van der Waals surface area contributed by atoms with Gasteiger partial charge in [0, 0.05) is 9.75 Å². The maximum atomic E-state index is 6.87. The van der Waals surface area contributed by atoms with Gasteiger partial charge in [0.25, 0.3) is 0 Å². The summed E-state index contributed by atoms with van der Waals surface area (Å²) in [7, 11) is 0. The molecule has 0 spiro atoms. The van der Waals surface area contributed by atoms with Gasteiger partial charge in [0.2, 0.25) is 0 Å². The summed E-state index contributed by atoms with van der Waals surface area (Å²) in [6.07, 6.45) is 9.82. The highest BCUT2D eigenvalue weighted by Crippen LogP contribution is 2.72. The van der Waals surface area contributed by atoms with Crippen LogP contribution in [0.5, 0.6) is 0 Å². The second-order valence-corrected chi connectivity index (χ2v) is 8.67. The van der Waals surface area contributed by atoms with Crippen LogP contribution in [0.25, 0.3) is 0 Å². The van der Waals surface area contributed by atoms with E-state index < -0.39 is 0 Å². The van der Waals surface area contributed by atoms with Gasteiger partial charge in [-0.1, -0.05) is 26.7 Å². The van der Waals surface area contributed by atoms with Crippen LogP contribution in [0, 0.1) is 10.8 Å². The molecule has 0 atom stereocenters. The molecule has 0 unspecified atom stereocenters. The Balaban J connectivity index is 2.06. The van der Waals surface area contributed by atoms with Gasteiger partial charge in [-0.25, -0.2) is 0 Å². The predicted octanol–water partition coefficient (Wildman–Crippen LogP) is 5.12. The van der Waals surface area contributed by atoms with Gasteiger partial charge in [0.1, 0.15) is 0 Å². The van der Waals surface area contributed by atoms with Crippen LogP contribution in [0.15, 0.2) is 0 Å². The van der Waals surface area contributed by atoms with Crippen molar-refractivity contribution in [2.45, 2.75) is 75.0 Å². The Morgan fingerprint density at radius 3 is 1.38 bits per heavy atom. The molecule has 4 bridgehead atoms. The van der Waals surface area contributed by atoms with E-state index in [4.69, 9.17) is 23.2 Å². The third kappa shape index (κ3) is 1.48. The Morgan fingerprint density at radius 2 is 1.06 bits per heavy atom. The van der Waals surface area contributed by atoms with Crippen LogP contribution in [-0.2, 0) is 0 Å². The number of hydrogen-bond donors (Lipinski definition) is 0. The Morgan fingerprint density at radius 1 is 0.688 bits per heavy atom. The predicted molar refractivity (Wildman–Crippen MR) is 70.3 cm³/mol. The fourth-order valence-corrected chi connectivity index (χ4v) is 7.27.